The Kier molecular flexibility index (Phi) is 1.33. The van der Waals surface area contributed by atoms with Gasteiger partial charge >= 0.3 is 0 Å². The molecule has 0 saturated heterocycles. The van der Waals surface area contributed by atoms with Crippen molar-refractivity contribution >= 4 is 5.65 Å². The fraction of sp³-hybridized carbons (Fsp3) is 0.143. The van der Waals surface area contributed by atoms with Crippen LogP contribution in [0.5, 0.6) is 0 Å². The maximum Gasteiger partial charge on any atom is 0.153 e. The monoisotopic (exact) mass is 148 g/mol. The van der Waals surface area contributed by atoms with Crippen molar-refractivity contribution in [3.8, 4) is 0 Å². The van der Waals surface area contributed by atoms with Gasteiger partial charge in [0.15, 0.2) is 5.65 Å². The molecule has 0 aliphatic rings. The molecule has 2 aromatic heterocycles. The summed E-state index contributed by atoms with van der Waals surface area (Å²) in [6, 6.07) is 3.74. The number of aromatic nitrogens is 3. The van der Waals surface area contributed by atoms with Crippen LogP contribution < -0.4 is 5.73 Å². The minimum atomic E-state index is 0.470. The van der Waals surface area contributed by atoms with Crippen LogP contribution >= 0.6 is 0 Å². The maximum absolute atomic E-state index is 5.46. The largest absolute Gasteiger partial charge is 0.325 e. The molecule has 0 atom stereocenters. The molecule has 4 nitrogen and oxygen atoms in total. The lowest BCUT2D eigenvalue weighted by Gasteiger charge is -1.93. The van der Waals surface area contributed by atoms with Gasteiger partial charge in [0.25, 0.3) is 0 Å². The van der Waals surface area contributed by atoms with Gasteiger partial charge in [0.05, 0.1) is 11.9 Å². The van der Waals surface area contributed by atoms with E-state index in [1.54, 1.807) is 16.9 Å². The lowest BCUT2D eigenvalue weighted by Crippen LogP contribution is -2.02. The molecule has 0 aromatic carbocycles. The molecule has 2 N–H and O–H groups in total. The van der Waals surface area contributed by atoms with Gasteiger partial charge in [-0.25, -0.2) is 9.50 Å². The highest BCUT2D eigenvalue weighted by Crippen LogP contribution is 2.01. The second kappa shape index (κ2) is 2.32. The second-order valence-electron chi connectivity index (χ2n) is 2.25. The van der Waals surface area contributed by atoms with E-state index in [1.807, 2.05) is 12.1 Å². The van der Waals surface area contributed by atoms with E-state index in [0.29, 0.717) is 6.54 Å². The first kappa shape index (κ1) is 6.30. The number of fused-ring (bicyclic) bond motifs is 1. The van der Waals surface area contributed by atoms with Crippen molar-refractivity contribution in [1.29, 1.82) is 0 Å². The van der Waals surface area contributed by atoms with Crippen LogP contribution in [-0.4, -0.2) is 14.6 Å². The molecule has 0 saturated carbocycles. The summed E-state index contributed by atoms with van der Waals surface area (Å²) < 4.78 is 1.74. The molecule has 2 aromatic rings. The number of hydrogen-bond acceptors (Lipinski definition) is 3. The number of rotatable bonds is 1. The van der Waals surface area contributed by atoms with E-state index in [4.69, 9.17) is 5.73 Å². The molecule has 0 spiro atoms. The van der Waals surface area contributed by atoms with E-state index in [2.05, 4.69) is 10.1 Å². The van der Waals surface area contributed by atoms with Gasteiger partial charge in [0.1, 0.15) is 0 Å². The van der Waals surface area contributed by atoms with Gasteiger partial charge in [-0.1, -0.05) is 0 Å². The lowest BCUT2D eigenvalue weighted by molar-refractivity contribution is 0.845. The molecule has 0 aliphatic carbocycles. The minimum absolute atomic E-state index is 0.470. The van der Waals surface area contributed by atoms with Crippen molar-refractivity contribution < 1.29 is 0 Å². The highest BCUT2D eigenvalue weighted by atomic mass is 15.3. The summed E-state index contributed by atoms with van der Waals surface area (Å²) in [5.41, 5.74) is 7.23. The van der Waals surface area contributed by atoms with Crippen LogP contribution in [0, 0.1) is 0 Å². The molecule has 4 heteroatoms. The molecule has 2 rings (SSSR count). The Morgan fingerprint density at radius 2 is 2.45 bits per heavy atom. The van der Waals surface area contributed by atoms with Gasteiger partial charge < -0.3 is 5.73 Å². The zero-order chi connectivity index (χ0) is 7.68. The van der Waals surface area contributed by atoms with Crippen LogP contribution in [0.15, 0.2) is 24.5 Å². The molecular weight excluding hydrogens is 140 g/mol. The first-order valence-electron chi connectivity index (χ1n) is 3.39. The summed E-state index contributed by atoms with van der Waals surface area (Å²) in [6.07, 6.45) is 3.45. The normalized spacial score (nSPS) is 10.6. The summed E-state index contributed by atoms with van der Waals surface area (Å²) >= 11 is 0. The van der Waals surface area contributed by atoms with Crippen LogP contribution in [-0.2, 0) is 6.54 Å². The Balaban J connectivity index is 2.76. The summed E-state index contributed by atoms with van der Waals surface area (Å²) in [4.78, 5) is 4.11. The Labute approximate surface area is 63.7 Å². The Morgan fingerprint density at radius 3 is 3.27 bits per heavy atom. The summed E-state index contributed by atoms with van der Waals surface area (Å²) in [7, 11) is 0. The van der Waals surface area contributed by atoms with Crippen molar-refractivity contribution in [2.75, 3.05) is 0 Å². The van der Waals surface area contributed by atoms with Crippen molar-refractivity contribution in [1.82, 2.24) is 14.6 Å². The van der Waals surface area contributed by atoms with Crippen molar-refractivity contribution in [3.05, 3.63) is 30.2 Å². The maximum atomic E-state index is 5.46. The van der Waals surface area contributed by atoms with E-state index in [0.717, 1.165) is 11.3 Å². The summed E-state index contributed by atoms with van der Waals surface area (Å²) in [5.74, 6) is 0. The lowest BCUT2D eigenvalue weighted by atomic mass is 10.5. The van der Waals surface area contributed by atoms with Crippen molar-refractivity contribution in [2.45, 2.75) is 6.54 Å². The van der Waals surface area contributed by atoms with Gasteiger partial charge in [-0.3, -0.25) is 0 Å². The zero-order valence-electron chi connectivity index (χ0n) is 5.94. The van der Waals surface area contributed by atoms with Gasteiger partial charge in [0, 0.05) is 12.7 Å². The molecule has 11 heavy (non-hydrogen) atoms. The summed E-state index contributed by atoms with van der Waals surface area (Å²) in [6.45, 7) is 0.470. The first-order valence-corrected chi connectivity index (χ1v) is 3.39. The third-order valence-electron chi connectivity index (χ3n) is 1.56. The third-order valence-corrected chi connectivity index (χ3v) is 1.56. The Bertz CT molecular complexity index is 365. The van der Waals surface area contributed by atoms with E-state index in [1.165, 1.54) is 0 Å². The van der Waals surface area contributed by atoms with E-state index in [-0.39, 0.29) is 0 Å². The number of nitrogens with two attached hydrogens (primary N) is 1. The van der Waals surface area contributed by atoms with E-state index >= 15 is 0 Å². The second-order valence-corrected chi connectivity index (χ2v) is 2.25. The molecule has 0 fully saturated rings. The number of imidazole rings is 1. The minimum Gasteiger partial charge on any atom is -0.325 e. The molecule has 0 amide bonds. The van der Waals surface area contributed by atoms with Crippen LogP contribution in [0.1, 0.15) is 5.69 Å². The van der Waals surface area contributed by atoms with Crippen molar-refractivity contribution in [3.63, 3.8) is 0 Å². The average molecular weight is 148 g/mol. The molecule has 0 radical (unpaired) electrons. The standard InChI is InChI=1S/C7H8N4/c8-4-6-5-9-7-2-1-3-10-11(6)7/h1-3,5H,4,8H2. The van der Waals surface area contributed by atoms with Crippen LogP contribution in [0.3, 0.4) is 0 Å². The Morgan fingerprint density at radius 1 is 1.55 bits per heavy atom. The van der Waals surface area contributed by atoms with Crippen molar-refractivity contribution in [2.24, 2.45) is 5.73 Å². The molecule has 2 heterocycles. The fourth-order valence-electron chi connectivity index (χ4n) is 1.02. The molecule has 0 bridgehead atoms. The SMILES string of the molecule is NCc1cnc2cccnn12. The predicted octanol–water partition coefficient (Wildman–Crippen LogP) is 0.188. The van der Waals surface area contributed by atoms with E-state index < -0.39 is 0 Å². The smallest absolute Gasteiger partial charge is 0.153 e. The molecule has 56 valence electrons. The quantitative estimate of drug-likeness (QED) is 0.628. The topological polar surface area (TPSA) is 56.2 Å². The molecular formula is C7H8N4. The predicted molar refractivity (Wildman–Crippen MR) is 40.9 cm³/mol. The zero-order valence-corrected chi connectivity index (χ0v) is 5.94. The molecule has 0 unspecified atom stereocenters. The van der Waals surface area contributed by atoms with E-state index in [9.17, 15) is 0 Å². The van der Waals surface area contributed by atoms with Gasteiger partial charge in [0.2, 0.25) is 0 Å². The van der Waals surface area contributed by atoms with Gasteiger partial charge in [-0.15, -0.1) is 0 Å². The highest BCUT2D eigenvalue weighted by Gasteiger charge is 1.98. The summed E-state index contributed by atoms with van der Waals surface area (Å²) in [5, 5.41) is 4.09. The third kappa shape index (κ3) is 0.877. The van der Waals surface area contributed by atoms with Crippen LogP contribution in [0.2, 0.25) is 0 Å². The number of hydrogen-bond donors (Lipinski definition) is 1. The molecule has 0 aliphatic heterocycles. The van der Waals surface area contributed by atoms with Gasteiger partial charge in [-0.05, 0) is 12.1 Å². The average Bonchev–Trinajstić information content (AvgIpc) is 2.47. The Hall–Kier alpha value is -1.42. The fourth-order valence-corrected chi connectivity index (χ4v) is 1.02. The highest BCUT2D eigenvalue weighted by molar-refractivity contribution is 5.37. The van der Waals surface area contributed by atoms with Crippen LogP contribution in [0.25, 0.3) is 5.65 Å². The first-order chi connectivity index (χ1) is 5.42. The van der Waals surface area contributed by atoms with Gasteiger partial charge in [-0.2, -0.15) is 5.10 Å². The van der Waals surface area contributed by atoms with Crippen LogP contribution in [0.4, 0.5) is 0 Å². The number of nitrogens with zero attached hydrogens (tertiary/aromatic N) is 3.